The normalized spacial score (nSPS) is 42.3. The van der Waals surface area contributed by atoms with E-state index in [1.807, 2.05) is 73.6 Å². The summed E-state index contributed by atoms with van der Waals surface area (Å²) in [5.74, 6) is -5.80. The predicted octanol–water partition coefficient (Wildman–Crippen LogP) is 5.85. The molecule has 5 aliphatic rings. The van der Waals surface area contributed by atoms with Crippen LogP contribution in [-0.2, 0) is 47.5 Å². The van der Waals surface area contributed by atoms with Crippen molar-refractivity contribution in [1.29, 1.82) is 0 Å². The molecule has 14 atom stereocenters. The summed E-state index contributed by atoms with van der Waals surface area (Å²) in [6.07, 6.45) is 5.46. The van der Waals surface area contributed by atoms with Crippen LogP contribution in [0, 0.1) is 29.6 Å². The molecule has 0 amide bonds. The van der Waals surface area contributed by atoms with Crippen LogP contribution in [0.25, 0.3) is 0 Å². The lowest BCUT2D eigenvalue weighted by Gasteiger charge is -2.54. The zero-order valence-corrected chi connectivity index (χ0v) is 35.0. The Morgan fingerprint density at radius 3 is 2.41 bits per heavy atom. The van der Waals surface area contributed by atoms with Crippen molar-refractivity contribution in [3.8, 4) is 0 Å². The van der Waals surface area contributed by atoms with Crippen molar-refractivity contribution in [3.63, 3.8) is 0 Å². The first-order valence-corrected chi connectivity index (χ1v) is 20.3. The highest BCUT2D eigenvalue weighted by atomic mass is 16.7. The lowest BCUT2D eigenvalue weighted by atomic mass is 9.70. The number of aliphatic hydroxyl groups excluding tert-OH is 1. The maximum atomic E-state index is 14.5. The third-order valence-electron chi connectivity index (χ3n) is 12.5. The fourth-order valence-corrected chi connectivity index (χ4v) is 8.69. The molecule has 56 heavy (non-hydrogen) atoms. The second-order valence-corrected chi connectivity index (χ2v) is 16.9. The lowest BCUT2D eigenvalue weighted by Crippen LogP contribution is -2.67. The zero-order valence-electron chi connectivity index (χ0n) is 35.0. The highest BCUT2D eigenvalue weighted by molar-refractivity contribution is 5.78. The summed E-state index contributed by atoms with van der Waals surface area (Å²) in [5.41, 5.74) is 1.04. The van der Waals surface area contributed by atoms with Gasteiger partial charge < -0.3 is 43.4 Å². The molecule has 5 rings (SSSR count). The van der Waals surface area contributed by atoms with Crippen molar-refractivity contribution >= 4 is 17.9 Å². The molecule has 1 spiro atoms. The van der Waals surface area contributed by atoms with Crippen LogP contribution in [-0.4, -0.2) is 102 Å². The number of carbonyl (C=O) groups is 3. The van der Waals surface area contributed by atoms with Crippen molar-refractivity contribution in [2.24, 2.45) is 29.6 Å². The highest BCUT2D eigenvalue weighted by Crippen LogP contribution is 2.49. The van der Waals surface area contributed by atoms with Gasteiger partial charge in [0.1, 0.15) is 48.1 Å². The monoisotopic (exact) mass is 784 g/mol. The predicted molar refractivity (Wildman–Crippen MR) is 208 cm³/mol. The van der Waals surface area contributed by atoms with E-state index < -0.39 is 89.9 Å². The number of rotatable bonds is 7. The largest absolute Gasteiger partial charge is 0.462 e. The number of ether oxygens (including phenoxy) is 7. The number of methoxy groups -OCH3 is 1. The molecule has 0 radical (unpaired) electrons. The molecule has 3 saturated heterocycles. The number of esters is 3. The van der Waals surface area contributed by atoms with Crippen molar-refractivity contribution in [2.75, 3.05) is 13.7 Å². The molecule has 0 saturated carbocycles. The average molecular weight is 785 g/mol. The van der Waals surface area contributed by atoms with Crippen molar-refractivity contribution in [3.05, 3.63) is 58.7 Å². The van der Waals surface area contributed by atoms with E-state index >= 15 is 0 Å². The fourth-order valence-electron chi connectivity index (χ4n) is 8.69. The van der Waals surface area contributed by atoms with Crippen LogP contribution in [0.1, 0.15) is 94.9 Å². The molecule has 0 aromatic rings. The van der Waals surface area contributed by atoms with E-state index in [1.54, 1.807) is 32.1 Å². The minimum absolute atomic E-state index is 0.0544. The maximum Gasteiger partial charge on any atom is 0.316 e. The number of fused-ring (bicyclic) bond motifs is 2. The van der Waals surface area contributed by atoms with Gasteiger partial charge in [-0.25, -0.2) is 0 Å². The van der Waals surface area contributed by atoms with Gasteiger partial charge in [-0.1, -0.05) is 78.0 Å². The van der Waals surface area contributed by atoms with Crippen molar-refractivity contribution < 1.29 is 57.8 Å². The van der Waals surface area contributed by atoms with Crippen LogP contribution >= 0.6 is 0 Å². The Bertz CT molecular complexity index is 1620. The van der Waals surface area contributed by atoms with Gasteiger partial charge in [0.25, 0.3) is 0 Å². The smallest absolute Gasteiger partial charge is 0.316 e. The summed E-state index contributed by atoms with van der Waals surface area (Å²) in [5, 5.41) is 24.8. The first-order valence-electron chi connectivity index (χ1n) is 20.3. The van der Waals surface area contributed by atoms with Gasteiger partial charge in [0, 0.05) is 31.8 Å². The number of hydrogen-bond acceptors (Lipinski definition) is 12. The Kier molecular flexibility index (Phi) is 14.0. The van der Waals surface area contributed by atoms with Gasteiger partial charge >= 0.3 is 17.9 Å². The van der Waals surface area contributed by atoms with E-state index in [9.17, 15) is 24.6 Å². The summed E-state index contributed by atoms with van der Waals surface area (Å²) < 4.78 is 44.0. The lowest BCUT2D eigenvalue weighted by molar-refractivity contribution is -0.380. The summed E-state index contributed by atoms with van der Waals surface area (Å²) in [7, 11) is 1.54. The van der Waals surface area contributed by atoms with E-state index in [0.29, 0.717) is 18.4 Å². The molecule has 2 bridgehead atoms. The minimum Gasteiger partial charge on any atom is -0.462 e. The van der Waals surface area contributed by atoms with Gasteiger partial charge in [-0.2, -0.15) is 0 Å². The third kappa shape index (κ3) is 8.52. The zero-order chi connectivity index (χ0) is 41.3. The van der Waals surface area contributed by atoms with Gasteiger partial charge in [0.2, 0.25) is 5.79 Å². The van der Waals surface area contributed by atoms with Crippen LogP contribution in [0.3, 0.4) is 0 Å². The first-order chi connectivity index (χ1) is 26.4. The number of carbonyl (C=O) groups excluding carboxylic acids is 3. The Morgan fingerprint density at radius 1 is 1.05 bits per heavy atom. The molecule has 0 aromatic heterocycles. The molecule has 3 fully saturated rings. The minimum atomic E-state index is -1.80. The van der Waals surface area contributed by atoms with Gasteiger partial charge in [-0.15, -0.1) is 0 Å². The summed E-state index contributed by atoms with van der Waals surface area (Å²) in [6, 6.07) is 0. The van der Waals surface area contributed by atoms with E-state index in [0.717, 1.165) is 16.7 Å². The number of allylic oxidation sites excluding steroid dienone is 3. The summed E-state index contributed by atoms with van der Waals surface area (Å²) in [6.45, 7) is 18.6. The molecule has 312 valence electrons. The topological polar surface area (TPSA) is 156 Å². The number of hydrogen-bond donors (Lipinski definition) is 2. The SMILES string of the molecule is C/C=C(\C)[C@H]1O[C@@]2(C[C@@H]3C[C@@H](C/C=C(\C)[C@H](OC(=O)C(C)CC)[C@@H](C)/C=C/C=C4\CO[C@@H]5[C@H](OC)C(C)=C[C@@H](C(=O)O3)[C@]45O)O2)[C@H](O)[C@@H](OC(=O)C(C)C)[C@@H]1C. The molecule has 4 aliphatic heterocycles. The average Bonchev–Trinajstić information content (AvgIpc) is 3.50. The molecule has 12 heteroatoms. The second-order valence-electron chi connectivity index (χ2n) is 16.9. The molecular weight excluding hydrogens is 720 g/mol. The van der Waals surface area contributed by atoms with E-state index in [2.05, 4.69) is 0 Å². The van der Waals surface area contributed by atoms with Gasteiger partial charge in [0.05, 0.1) is 30.7 Å². The molecule has 4 heterocycles. The Balaban J connectivity index is 1.64. The molecule has 12 nitrogen and oxygen atoms in total. The van der Waals surface area contributed by atoms with E-state index in [1.165, 1.54) is 7.11 Å². The van der Waals surface area contributed by atoms with Crippen LogP contribution in [0.4, 0.5) is 0 Å². The molecule has 2 N–H and O–H groups in total. The van der Waals surface area contributed by atoms with Crippen LogP contribution < -0.4 is 0 Å². The van der Waals surface area contributed by atoms with E-state index in [4.69, 9.17) is 33.2 Å². The first kappa shape index (κ1) is 44.0. The second kappa shape index (κ2) is 17.8. The van der Waals surface area contributed by atoms with Crippen LogP contribution in [0.15, 0.2) is 58.7 Å². The fraction of sp³-hybridized carbons (Fsp3) is 0.705. The standard InChI is InChI=1S/C44H64O12/c1-12-24(5)35-29(10)37(54-40(46)23(3)4)38(45)43(56-35)21-32-20-31(55-43)18-17-27(8)34(53-41(47)25(6)13-2)26(7)15-14-16-30-22-51-39-36(50-11)28(9)19-33(42(48)52-32)44(30,39)49/h12,14-17,19,23,25-26,29,31-39,45,49H,13,18,20-22H2,1-11H3/b15-14+,24-12+,27-17+,30-16+/t25?,26-,29+,31+,32-,33-,34+,35+,36+,37-,38+,39+,43-,44+/m0/s1. The van der Waals surface area contributed by atoms with Crippen molar-refractivity contribution in [1.82, 2.24) is 0 Å². The van der Waals surface area contributed by atoms with Crippen LogP contribution in [0.2, 0.25) is 0 Å². The quantitative estimate of drug-likeness (QED) is 0.181. The third-order valence-corrected chi connectivity index (χ3v) is 12.5. The Morgan fingerprint density at radius 2 is 1.77 bits per heavy atom. The number of aliphatic hydroxyl groups is 2. The van der Waals surface area contributed by atoms with Crippen LogP contribution in [0.5, 0.6) is 0 Å². The highest BCUT2D eigenvalue weighted by Gasteiger charge is 2.62. The molecule has 1 unspecified atom stereocenters. The molecule has 0 aromatic carbocycles. The summed E-state index contributed by atoms with van der Waals surface area (Å²) >= 11 is 0. The molecular formula is C44H64O12. The van der Waals surface area contributed by atoms with Gasteiger partial charge in [-0.3, -0.25) is 14.4 Å². The Hall–Kier alpha value is -3.13. The van der Waals surface area contributed by atoms with Gasteiger partial charge in [-0.05, 0) is 62.8 Å². The van der Waals surface area contributed by atoms with Crippen molar-refractivity contribution in [2.45, 2.75) is 155 Å². The maximum absolute atomic E-state index is 14.5. The summed E-state index contributed by atoms with van der Waals surface area (Å²) in [4.78, 5) is 40.7. The molecule has 1 aliphatic carbocycles. The Labute approximate surface area is 332 Å². The van der Waals surface area contributed by atoms with E-state index in [-0.39, 0.29) is 37.3 Å². The van der Waals surface area contributed by atoms with Gasteiger partial charge in [0.15, 0.2) is 0 Å².